The van der Waals surface area contributed by atoms with E-state index < -0.39 is 16.4 Å². The van der Waals surface area contributed by atoms with Crippen molar-refractivity contribution < 1.29 is 35.5 Å². The maximum atomic E-state index is 13.0. The van der Waals surface area contributed by atoms with Crippen LogP contribution in [0.4, 0.5) is 13.2 Å². The van der Waals surface area contributed by atoms with E-state index in [-0.39, 0.29) is 28.9 Å². The Balaban J connectivity index is 1.32. The number of hydrogen-bond acceptors (Lipinski definition) is 8. The summed E-state index contributed by atoms with van der Waals surface area (Å²) in [5.74, 6) is 0.853. The third kappa shape index (κ3) is 5.71. The van der Waals surface area contributed by atoms with Crippen molar-refractivity contribution >= 4 is 10.0 Å². The highest BCUT2D eigenvalue weighted by molar-refractivity contribution is 7.89. The molecule has 0 N–H and O–H groups in total. The summed E-state index contributed by atoms with van der Waals surface area (Å²) in [7, 11) is -3.64. The van der Waals surface area contributed by atoms with Gasteiger partial charge in [0.1, 0.15) is 11.6 Å². The van der Waals surface area contributed by atoms with E-state index in [0.29, 0.717) is 49.0 Å². The number of aryl methyl sites for hydroxylation is 1. The maximum Gasteiger partial charge on any atom is 0.573 e. The smallest absolute Gasteiger partial charge is 0.434 e. The molecule has 0 bridgehead atoms. The first-order chi connectivity index (χ1) is 18.1. The molecule has 1 aliphatic rings. The van der Waals surface area contributed by atoms with E-state index in [0.717, 1.165) is 0 Å². The van der Waals surface area contributed by atoms with Gasteiger partial charge < -0.3 is 13.9 Å². The molecule has 3 heterocycles. The second-order valence-electron chi connectivity index (χ2n) is 8.41. The van der Waals surface area contributed by atoms with E-state index >= 15 is 0 Å². The van der Waals surface area contributed by atoms with Crippen LogP contribution in [0.2, 0.25) is 0 Å². The Hall–Kier alpha value is -3.75. The van der Waals surface area contributed by atoms with Gasteiger partial charge in [0.15, 0.2) is 5.76 Å². The molecule has 0 aliphatic carbocycles. The number of nitrogens with zero attached hydrogens (tertiary/aromatic N) is 5. The first-order valence-electron chi connectivity index (χ1n) is 11.5. The fourth-order valence-corrected chi connectivity index (χ4v) is 5.38. The zero-order valence-electron chi connectivity index (χ0n) is 20.1. The van der Waals surface area contributed by atoms with E-state index in [1.165, 1.54) is 34.8 Å². The quantitative estimate of drug-likeness (QED) is 0.342. The zero-order valence-corrected chi connectivity index (χ0v) is 20.9. The first-order valence-corrected chi connectivity index (χ1v) is 12.9. The summed E-state index contributed by atoms with van der Waals surface area (Å²) in [6, 6.07) is 11.8. The molecule has 1 saturated heterocycles. The maximum absolute atomic E-state index is 13.0. The van der Waals surface area contributed by atoms with Gasteiger partial charge >= 0.3 is 6.36 Å². The van der Waals surface area contributed by atoms with E-state index in [1.807, 2.05) is 0 Å². The topological polar surface area (TPSA) is 113 Å². The summed E-state index contributed by atoms with van der Waals surface area (Å²) in [5, 5.41) is 4.45. The Bertz CT molecular complexity index is 1530. The van der Waals surface area contributed by atoms with Gasteiger partial charge in [-0.2, -0.15) is 4.31 Å². The standard InChI is InChI=1S/C24H22F3N5O5S/c1-16-29-22(23-28-14-21(36-23)18-5-7-19(8-6-18)37-24(25,26)27)30-32(16)15-17-3-2-4-20(13-17)38(33,34)31-9-11-35-12-10-31/h2-8,13-14H,9-12,15H2,1H3. The second-order valence-corrected chi connectivity index (χ2v) is 10.3. The third-order valence-corrected chi connectivity index (χ3v) is 7.66. The van der Waals surface area contributed by atoms with Gasteiger partial charge in [-0.1, -0.05) is 12.1 Å². The van der Waals surface area contributed by atoms with Crippen LogP contribution in [0.3, 0.4) is 0 Å². The van der Waals surface area contributed by atoms with Crippen molar-refractivity contribution in [3.05, 3.63) is 66.1 Å². The molecule has 200 valence electrons. The normalized spacial score (nSPS) is 15.1. The predicted octanol–water partition coefficient (Wildman–Crippen LogP) is 3.88. The highest BCUT2D eigenvalue weighted by Crippen LogP contribution is 2.29. The van der Waals surface area contributed by atoms with Gasteiger partial charge in [0.2, 0.25) is 15.8 Å². The van der Waals surface area contributed by atoms with Crippen molar-refractivity contribution in [3.63, 3.8) is 0 Å². The lowest BCUT2D eigenvalue weighted by Crippen LogP contribution is -2.40. The third-order valence-electron chi connectivity index (χ3n) is 5.76. The summed E-state index contributed by atoms with van der Waals surface area (Å²) in [5.41, 5.74) is 1.21. The molecule has 2 aromatic carbocycles. The van der Waals surface area contributed by atoms with Gasteiger partial charge in [-0.25, -0.2) is 23.1 Å². The lowest BCUT2D eigenvalue weighted by Gasteiger charge is -2.26. The summed E-state index contributed by atoms with van der Waals surface area (Å²) >= 11 is 0. The van der Waals surface area contributed by atoms with Gasteiger partial charge in [-0.15, -0.1) is 18.3 Å². The van der Waals surface area contributed by atoms with Gasteiger partial charge in [-0.05, 0) is 48.9 Å². The fourth-order valence-electron chi connectivity index (χ4n) is 3.91. The number of morpholine rings is 1. The molecule has 1 fully saturated rings. The molecule has 14 heteroatoms. The molecule has 0 radical (unpaired) electrons. The van der Waals surface area contributed by atoms with E-state index in [9.17, 15) is 21.6 Å². The lowest BCUT2D eigenvalue weighted by molar-refractivity contribution is -0.274. The Kier molecular flexibility index (Phi) is 6.94. The van der Waals surface area contributed by atoms with Crippen LogP contribution in [0.5, 0.6) is 5.75 Å². The van der Waals surface area contributed by atoms with Crippen molar-refractivity contribution in [1.82, 2.24) is 24.1 Å². The molecule has 0 amide bonds. The summed E-state index contributed by atoms with van der Waals surface area (Å²) in [4.78, 5) is 8.78. The van der Waals surface area contributed by atoms with Gasteiger partial charge in [-0.3, -0.25) is 0 Å². The molecule has 38 heavy (non-hydrogen) atoms. The Morgan fingerprint density at radius 2 is 1.82 bits per heavy atom. The van der Waals surface area contributed by atoms with Crippen LogP contribution in [0.15, 0.2) is 64.0 Å². The largest absolute Gasteiger partial charge is 0.573 e. The Labute approximate surface area is 215 Å². The van der Waals surface area contributed by atoms with Crippen LogP contribution in [0.1, 0.15) is 11.4 Å². The van der Waals surface area contributed by atoms with Crippen molar-refractivity contribution in [2.24, 2.45) is 0 Å². The highest BCUT2D eigenvalue weighted by Gasteiger charge is 2.31. The number of benzene rings is 2. The molecule has 0 unspecified atom stereocenters. The zero-order chi connectivity index (χ0) is 26.9. The molecule has 0 saturated carbocycles. The molecule has 5 rings (SSSR count). The van der Waals surface area contributed by atoms with Gasteiger partial charge in [0.05, 0.1) is 30.9 Å². The van der Waals surface area contributed by atoms with E-state index in [4.69, 9.17) is 9.15 Å². The van der Waals surface area contributed by atoms with Gasteiger partial charge in [0, 0.05) is 18.7 Å². The molecule has 0 atom stereocenters. The van der Waals surface area contributed by atoms with Crippen LogP contribution >= 0.6 is 0 Å². The summed E-state index contributed by atoms with van der Waals surface area (Å²) in [6.07, 6.45) is -3.35. The second kappa shape index (κ2) is 10.2. The first kappa shape index (κ1) is 25.9. The molecule has 1 aliphatic heterocycles. The van der Waals surface area contributed by atoms with Crippen molar-refractivity contribution in [2.75, 3.05) is 26.3 Å². The van der Waals surface area contributed by atoms with Crippen molar-refractivity contribution in [3.8, 4) is 28.8 Å². The number of oxazole rings is 1. The average Bonchev–Trinajstić information content (AvgIpc) is 3.52. The number of alkyl halides is 3. The molecule has 2 aromatic heterocycles. The Morgan fingerprint density at radius 1 is 1.08 bits per heavy atom. The fraction of sp³-hybridized carbons (Fsp3) is 0.292. The van der Waals surface area contributed by atoms with E-state index in [1.54, 1.807) is 35.9 Å². The van der Waals surface area contributed by atoms with Gasteiger partial charge in [0.25, 0.3) is 5.89 Å². The van der Waals surface area contributed by atoms with Crippen LogP contribution < -0.4 is 4.74 Å². The van der Waals surface area contributed by atoms with Crippen LogP contribution in [0, 0.1) is 6.92 Å². The van der Waals surface area contributed by atoms with Crippen molar-refractivity contribution in [1.29, 1.82) is 0 Å². The summed E-state index contributed by atoms with van der Waals surface area (Å²) in [6.45, 7) is 3.34. The van der Waals surface area contributed by atoms with E-state index in [2.05, 4.69) is 19.8 Å². The number of ether oxygens (including phenoxy) is 2. The monoisotopic (exact) mass is 549 g/mol. The van der Waals surface area contributed by atoms with Crippen LogP contribution in [-0.2, 0) is 21.3 Å². The number of hydrogen-bond donors (Lipinski definition) is 0. The number of aromatic nitrogens is 4. The number of sulfonamides is 1. The minimum Gasteiger partial charge on any atom is -0.434 e. The predicted molar refractivity (Wildman–Crippen MR) is 127 cm³/mol. The minimum absolute atomic E-state index is 0.126. The number of halogens is 3. The van der Waals surface area contributed by atoms with Crippen molar-refractivity contribution in [2.45, 2.75) is 24.7 Å². The molecular formula is C24H22F3N5O5S. The van der Waals surface area contributed by atoms with Crippen LogP contribution in [-0.4, -0.2) is 65.1 Å². The molecular weight excluding hydrogens is 527 g/mol. The molecule has 4 aromatic rings. The summed E-state index contributed by atoms with van der Waals surface area (Å²) < 4.78 is 81.0. The SMILES string of the molecule is Cc1nc(-c2ncc(-c3ccc(OC(F)(F)F)cc3)o2)nn1Cc1cccc(S(=O)(=O)N2CCOCC2)c1. The van der Waals surface area contributed by atoms with Crippen LogP contribution in [0.25, 0.3) is 23.0 Å². The molecule has 10 nitrogen and oxygen atoms in total. The molecule has 0 spiro atoms. The highest BCUT2D eigenvalue weighted by atomic mass is 32.2. The minimum atomic E-state index is -4.78. The lowest BCUT2D eigenvalue weighted by atomic mass is 10.2. The Morgan fingerprint density at radius 3 is 2.53 bits per heavy atom. The average molecular weight is 550 g/mol. The number of rotatable bonds is 7.